The lowest BCUT2D eigenvalue weighted by Crippen LogP contribution is -2.17. The van der Waals surface area contributed by atoms with Gasteiger partial charge >= 0.3 is 0 Å². The van der Waals surface area contributed by atoms with E-state index in [-0.39, 0.29) is 16.5 Å². The van der Waals surface area contributed by atoms with Crippen molar-refractivity contribution in [1.29, 1.82) is 0 Å². The summed E-state index contributed by atoms with van der Waals surface area (Å²) in [4.78, 5) is -0.440. The first-order valence-corrected chi connectivity index (χ1v) is 7.84. The monoisotopic (exact) mass is 352 g/mol. The third-order valence-corrected chi connectivity index (χ3v) is 4.94. The summed E-state index contributed by atoms with van der Waals surface area (Å²) >= 11 is 11.2. The Labute approximate surface area is 130 Å². The van der Waals surface area contributed by atoms with Gasteiger partial charge in [0.2, 0.25) is 0 Å². The Morgan fingerprint density at radius 2 is 2.00 bits per heavy atom. The van der Waals surface area contributed by atoms with Crippen molar-refractivity contribution in [3.05, 3.63) is 33.7 Å². The van der Waals surface area contributed by atoms with Gasteiger partial charge in [0.1, 0.15) is 4.90 Å². The topological polar surface area (TPSA) is 90.0 Å². The Morgan fingerprint density at radius 3 is 2.52 bits per heavy atom. The summed E-state index contributed by atoms with van der Waals surface area (Å²) in [5.41, 5.74) is 6.38. The molecule has 0 aliphatic carbocycles. The highest BCUT2D eigenvalue weighted by molar-refractivity contribution is 7.92. The number of nitrogens with one attached hydrogen (secondary N) is 1. The molecule has 0 amide bonds. The minimum Gasteiger partial charge on any atom is -0.394 e. The number of anilines is 2. The normalized spacial score (nSPS) is 11.7. The number of hydrogen-bond donors (Lipinski definition) is 2. The van der Waals surface area contributed by atoms with Crippen LogP contribution in [0.15, 0.2) is 17.0 Å². The van der Waals surface area contributed by atoms with Gasteiger partial charge in [0.05, 0.1) is 21.4 Å². The van der Waals surface area contributed by atoms with Crippen molar-refractivity contribution in [1.82, 2.24) is 9.78 Å². The fourth-order valence-electron chi connectivity index (χ4n) is 1.69. The number of rotatable bonds is 3. The Balaban J connectivity index is 2.51. The average Bonchev–Trinajstić information content (AvgIpc) is 2.62. The van der Waals surface area contributed by atoms with E-state index in [2.05, 4.69) is 9.82 Å². The van der Waals surface area contributed by atoms with E-state index in [1.807, 2.05) is 0 Å². The third kappa shape index (κ3) is 2.78. The van der Waals surface area contributed by atoms with Gasteiger partial charge in [0.15, 0.2) is 11.6 Å². The molecule has 10 heteroatoms. The first-order chi connectivity index (χ1) is 9.65. The van der Waals surface area contributed by atoms with Crippen molar-refractivity contribution in [3.8, 4) is 0 Å². The molecule has 0 radical (unpaired) electrons. The maximum absolute atomic E-state index is 13.6. The van der Waals surface area contributed by atoms with Gasteiger partial charge in [0, 0.05) is 7.05 Å². The molecular formula is C11H11Cl2FN4O2S. The molecule has 1 aromatic heterocycles. The van der Waals surface area contributed by atoms with Crippen LogP contribution in [0.3, 0.4) is 0 Å². The minimum absolute atomic E-state index is 0.0684. The highest BCUT2D eigenvalue weighted by Crippen LogP contribution is 2.31. The maximum Gasteiger partial charge on any atom is 0.264 e. The van der Waals surface area contributed by atoms with E-state index in [1.165, 1.54) is 11.7 Å². The average molecular weight is 353 g/mol. The van der Waals surface area contributed by atoms with Gasteiger partial charge in [-0.2, -0.15) is 5.10 Å². The smallest absolute Gasteiger partial charge is 0.264 e. The molecule has 0 aliphatic heterocycles. The number of hydrogen-bond acceptors (Lipinski definition) is 4. The molecule has 21 heavy (non-hydrogen) atoms. The molecule has 0 saturated heterocycles. The van der Waals surface area contributed by atoms with Gasteiger partial charge in [-0.05, 0) is 19.1 Å². The summed E-state index contributed by atoms with van der Waals surface area (Å²) in [6.07, 6.45) is 0. The number of aromatic nitrogens is 2. The van der Waals surface area contributed by atoms with Crippen LogP contribution in [0, 0.1) is 12.7 Å². The van der Waals surface area contributed by atoms with Gasteiger partial charge in [-0.15, -0.1) is 0 Å². The highest BCUT2D eigenvalue weighted by Gasteiger charge is 2.24. The zero-order chi connectivity index (χ0) is 15.9. The number of sulfonamides is 1. The van der Waals surface area contributed by atoms with E-state index in [4.69, 9.17) is 28.9 Å². The molecule has 0 spiro atoms. The molecule has 0 saturated carbocycles. The zero-order valence-corrected chi connectivity index (χ0v) is 13.3. The van der Waals surface area contributed by atoms with Crippen LogP contribution < -0.4 is 10.5 Å². The van der Waals surface area contributed by atoms with E-state index >= 15 is 0 Å². The van der Waals surface area contributed by atoms with Crippen molar-refractivity contribution in [2.24, 2.45) is 7.05 Å². The number of nitrogens with zero attached hydrogens (tertiary/aromatic N) is 2. The van der Waals surface area contributed by atoms with Gasteiger partial charge in [-0.25, -0.2) is 17.5 Å². The molecule has 1 aromatic carbocycles. The number of benzene rings is 1. The number of halogens is 3. The van der Waals surface area contributed by atoms with Crippen LogP contribution in [0.4, 0.5) is 15.9 Å². The fourth-order valence-corrected chi connectivity index (χ4v) is 3.55. The lowest BCUT2D eigenvalue weighted by Gasteiger charge is -2.11. The second kappa shape index (κ2) is 5.36. The first-order valence-electron chi connectivity index (χ1n) is 5.60. The molecule has 2 aromatic rings. The molecule has 3 N–H and O–H groups in total. The fraction of sp³-hybridized carbons (Fsp3) is 0.182. The predicted molar refractivity (Wildman–Crippen MR) is 79.6 cm³/mol. The summed E-state index contributed by atoms with van der Waals surface area (Å²) in [5, 5.41) is 3.12. The molecule has 114 valence electrons. The van der Waals surface area contributed by atoms with E-state index in [1.54, 1.807) is 6.92 Å². The van der Waals surface area contributed by atoms with E-state index in [0.717, 1.165) is 12.1 Å². The Morgan fingerprint density at radius 1 is 1.38 bits per heavy atom. The summed E-state index contributed by atoms with van der Waals surface area (Å²) in [5.74, 6) is -0.936. The quantitative estimate of drug-likeness (QED) is 0.830. The summed E-state index contributed by atoms with van der Waals surface area (Å²) in [6, 6.07) is 2.21. The number of nitrogens with two attached hydrogens (primary N) is 1. The molecule has 1 heterocycles. The molecule has 0 aliphatic rings. The van der Waals surface area contributed by atoms with Crippen molar-refractivity contribution in [3.63, 3.8) is 0 Å². The third-order valence-electron chi connectivity index (χ3n) is 2.79. The molecule has 2 rings (SSSR count). The van der Waals surface area contributed by atoms with Gasteiger partial charge in [-0.1, -0.05) is 23.2 Å². The zero-order valence-electron chi connectivity index (χ0n) is 11.0. The molecule has 0 unspecified atom stereocenters. The highest BCUT2D eigenvalue weighted by atomic mass is 35.5. The Kier molecular flexibility index (Phi) is 4.05. The summed E-state index contributed by atoms with van der Waals surface area (Å²) < 4.78 is 41.7. The number of nitrogen functional groups attached to an aromatic ring is 1. The van der Waals surface area contributed by atoms with Crippen LogP contribution in [0.2, 0.25) is 10.0 Å². The van der Waals surface area contributed by atoms with Crippen molar-refractivity contribution < 1.29 is 12.8 Å². The van der Waals surface area contributed by atoms with Gasteiger partial charge < -0.3 is 5.73 Å². The molecule has 0 atom stereocenters. The van der Waals surface area contributed by atoms with E-state index < -0.39 is 25.8 Å². The van der Waals surface area contributed by atoms with Crippen LogP contribution in [-0.2, 0) is 17.1 Å². The summed E-state index contributed by atoms with van der Waals surface area (Å²) in [7, 11) is -2.62. The SMILES string of the molecule is Cc1nn(C)c(NS(=O)(=O)c2ccc(Cl)c(F)c2Cl)c1N. The standard InChI is InChI=1S/C11H11Cl2FN4O2S/c1-5-10(15)11(18(2)16-5)17-21(19,20)7-4-3-6(12)9(14)8(7)13/h3-4,17H,15H2,1-2H3. The van der Waals surface area contributed by atoms with Crippen LogP contribution in [0.5, 0.6) is 0 Å². The van der Waals surface area contributed by atoms with Crippen molar-refractivity contribution in [2.45, 2.75) is 11.8 Å². The molecule has 0 bridgehead atoms. The summed E-state index contributed by atoms with van der Waals surface area (Å²) in [6.45, 7) is 1.63. The predicted octanol–water partition coefficient (Wildman–Crippen LogP) is 2.56. The van der Waals surface area contributed by atoms with Crippen molar-refractivity contribution in [2.75, 3.05) is 10.5 Å². The Bertz CT molecular complexity index is 820. The van der Waals surface area contributed by atoms with Crippen LogP contribution in [-0.4, -0.2) is 18.2 Å². The second-order valence-electron chi connectivity index (χ2n) is 4.25. The van der Waals surface area contributed by atoms with Crippen LogP contribution in [0.25, 0.3) is 0 Å². The molecule has 6 nitrogen and oxygen atoms in total. The maximum atomic E-state index is 13.6. The first kappa shape index (κ1) is 15.9. The van der Waals surface area contributed by atoms with Crippen molar-refractivity contribution >= 4 is 44.7 Å². The lowest BCUT2D eigenvalue weighted by molar-refractivity contribution is 0.595. The molecular weight excluding hydrogens is 342 g/mol. The van der Waals surface area contributed by atoms with Gasteiger partial charge in [-0.3, -0.25) is 4.72 Å². The van der Waals surface area contributed by atoms with Gasteiger partial charge in [0.25, 0.3) is 10.0 Å². The van der Waals surface area contributed by atoms with E-state index in [9.17, 15) is 12.8 Å². The van der Waals surface area contributed by atoms with E-state index in [0.29, 0.717) is 5.69 Å². The lowest BCUT2D eigenvalue weighted by atomic mass is 10.3. The Hall–Kier alpha value is -1.51. The van der Waals surface area contributed by atoms with Crippen LogP contribution in [0.1, 0.15) is 5.69 Å². The minimum atomic E-state index is -4.14. The molecule has 0 fully saturated rings. The largest absolute Gasteiger partial charge is 0.394 e. The second-order valence-corrected chi connectivity index (χ2v) is 6.69. The van der Waals surface area contributed by atoms with Crippen LogP contribution >= 0.6 is 23.2 Å². The number of aryl methyl sites for hydroxylation is 2.